The molecule has 0 aromatic heterocycles. The van der Waals surface area contributed by atoms with E-state index in [0.29, 0.717) is 0 Å². The van der Waals surface area contributed by atoms with E-state index < -0.39 is 0 Å². The minimum Gasteiger partial charge on any atom is -0.668 e. The minimum absolute atomic E-state index is 0.997. The molecule has 2 aromatic carbocycles. The van der Waals surface area contributed by atoms with Gasteiger partial charge < -0.3 is 16.0 Å². The van der Waals surface area contributed by atoms with Crippen molar-refractivity contribution in [3.63, 3.8) is 0 Å². The summed E-state index contributed by atoms with van der Waals surface area (Å²) in [6.45, 7) is 4.12. The maximum Gasteiger partial charge on any atom is -0.162 e. The zero-order valence-corrected chi connectivity index (χ0v) is 24.1. The molecule has 0 unspecified atom stereocenters. The number of hydrogen-bond donors (Lipinski definition) is 0. The third-order valence-corrected chi connectivity index (χ3v) is 3.84. The summed E-state index contributed by atoms with van der Waals surface area (Å²) in [6, 6.07) is 21.0. The van der Waals surface area contributed by atoms with Crippen LogP contribution in [-0.4, -0.2) is 42.3 Å². The summed E-state index contributed by atoms with van der Waals surface area (Å²) < 4.78 is 2.04. The first-order chi connectivity index (χ1) is 16.5. The molecule has 0 bridgehead atoms. The monoisotopic (exact) mass is 495 g/mol. The van der Waals surface area contributed by atoms with Crippen LogP contribution in [0.15, 0.2) is 107 Å². The van der Waals surface area contributed by atoms with E-state index in [1.54, 1.807) is 42.3 Å². The number of nitrogens with zero attached hydrogens (tertiary/aromatic N) is 3. The zero-order valence-electron chi connectivity index (χ0n) is 22.6. The van der Waals surface area contributed by atoms with Gasteiger partial charge in [0.25, 0.3) is 0 Å². The van der Waals surface area contributed by atoms with Crippen molar-refractivity contribution in [2.75, 3.05) is 42.3 Å². The van der Waals surface area contributed by atoms with Crippen LogP contribution < -0.4 is 0 Å². The summed E-state index contributed by atoms with van der Waals surface area (Å²) >= 11 is 2.02. The Hall–Kier alpha value is -2.01. The first kappa shape index (κ1) is 36.6. The molecule has 0 fully saturated rings. The molecule has 34 heavy (non-hydrogen) atoms. The van der Waals surface area contributed by atoms with Crippen LogP contribution in [0.2, 0.25) is 0 Å². The molecule has 0 N–H and O–H groups in total. The molecule has 0 spiro atoms. The SMILES string of the molecule is C(C=CCc1ccccc1)=CCc1ccccc1.CC=C(C)C=[CH][Ti+3].C[N-]C.C[N-]C.C[N-]C. The van der Waals surface area contributed by atoms with Gasteiger partial charge in [-0.3, -0.25) is 0 Å². The molecule has 0 radical (unpaired) electrons. The third kappa shape index (κ3) is 32.2. The number of allylic oxidation sites excluding steroid dienone is 7. The smallest absolute Gasteiger partial charge is 0.162 e. The predicted molar refractivity (Wildman–Crippen MR) is 153 cm³/mol. The predicted octanol–water partition coefficient (Wildman–Crippen LogP) is 8.46. The van der Waals surface area contributed by atoms with Gasteiger partial charge in [0.05, 0.1) is 0 Å². The second kappa shape index (κ2) is 33.2. The Balaban J connectivity index is -0.000000497. The second-order valence-electron chi connectivity index (χ2n) is 6.94. The van der Waals surface area contributed by atoms with Gasteiger partial charge in [-0.2, -0.15) is 42.3 Å². The van der Waals surface area contributed by atoms with Crippen molar-refractivity contribution in [3.8, 4) is 0 Å². The van der Waals surface area contributed by atoms with Crippen LogP contribution in [0.1, 0.15) is 25.0 Å². The van der Waals surface area contributed by atoms with Crippen molar-refractivity contribution in [1.82, 2.24) is 0 Å². The van der Waals surface area contributed by atoms with Crippen molar-refractivity contribution in [2.45, 2.75) is 26.7 Å². The quantitative estimate of drug-likeness (QED) is 0.285. The standard InChI is InChI=1S/C18H18.C6H9.3C2H6N.Ti/c1(5-11-17-13-7-3-8-14-17)2-6-12-18-15-9-4-10-16-18;1-4-6(3)5-2;3*1-3-2;/h1-10,13-16H,11-12H2;1,4-5H,2-3H3;3*1-2H3;/q;;3*-1;+3. The van der Waals surface area contributed by atoms with Crippen LogP contribution in [0.3, 0.4) is 0 Å². The van der Waals surface area contributed by atoms with Crippen LogP contribution in [0, 0.1) is 0 Å². The van der Waals surface area contributed by atoms with Gasteiger partial charge in [-0.15, -0.1) is 0 Å². The van der Waals surface area contributed by atoms with E-state index in [1.807, 2.05) is 43.9 Å². The Labute approximate surface area is 222 Å². The van der Waals surface area contributed by atoms with E-state index >= 15 is 0 Å². The molecule has 0 saturated heterocycles. The number of benzene rings is 2. The van der Waals surface area contributed by atoms with Gasteiger partial charge in [-0.05, 0) is 24.0 Å². The topological polar surface area (TPSA) is 42.3 Å². The fourth-order valence-corrected chi connectivity index (χ4v) is 2.43. The van der Waals surface area contributed by atoms with Crippen molar-refractivity contribution < 1.29 is 20.4 Å². The van der Waals surface area contributed by atoms with Crippen LogP contribution in [0.25, 0.3) is 16.0 Å². The van der Waals surface area contributed by atoms with Gasteiger partial charge in [0.1, 0.15) is 0 Å². The Morgan fingerprint density at radius 1 is 0.676 bits per heavy atom. The first-order valence-corrected chi connectivity index (χ1v) is 12.2. The Kier molecular flexibility index (Phi) is 35.7. The van der Waals surface area contributed by atoms with E-state index in [1.165, 1.54) is 16.7 Å². The largest absolute Gasteiger partial charge is 0.668 e. The van der Waals surface area contributed by atoms with Gasteiger partial charge >= 0.3 is 56.4 Å². The summed E-state index contributed by atoms with van der Waals surface area (Å²) in [5.74, 6) is 0. The molecule has 0 saturated carbocycles. The summed E-state index contributed by atoms with van der Waals surface area (Å²) in [6.07, 6.45) is 14.8. The van der Waals surface area contributed by atoms with Crippen molar-refractivity contribution in [2.24, 2.45) is 0 Å². The van der Waals surface area contributed by atoms with Gasteiger partial charge in [0.15, 0.2) is 0 Å². The third-order valence-electron chi connectivity index (χ3n) is 3.58. The Morgan fingerprint density at radius 2 is 1.00 bits per heavy atom. The number of rotatable bonds is 6. The van der Waals surface area contributed by atoms with E-state index in [0.717, 1.165) is 12.8 Å². The van der Waals surface area contributed by atoms with Crippen molar-refractivity contribution >= 4 is 0 Å². The molecule has 0 aliphatic carbocycles. The molecule has 0 heterocycles. The van der Waals surface area contributed by atoms with Crippen LogP contribution in [0.4, 0.5) is 0 Å². The molecule has 2 rings (SSSR count). The maximum absolute atomic E-state index is 3.50. The van der Waals surface area contributed by atoms with Crippen LogP contribution in [0.5, 0.6) is 0 Å². The normalized spacial score (nSPS) is 10.4. The van der Waals surface area contributed by atoms with E-state index in [2.05, 4.69) is 108 Å². The summed E-state index contributed by atoms with van der Waals surface area (Å²) in [7, 11) is 10.5. The fourth-order valence-electron chi connectivity index (χ4n) is 2.02. The van der Waals surface area contributed by atoms with Crippen molar-refractivity contribution in [3.05, 3.63) is 134 Å². The molecule has 2 aromatic rings. The van der Waals surface area contributed by atoms with Gasteiger partial charge in [0.2, 0.25) is 0 Å². The zero-order chi connectivity index (χ0) is 26.3. The summed E-state index contributed by atoms with van der Waals surface area (Å²) in [5.41, 5.74) is 4.03. The molecule has 0 amide bonds. The molecule has 0 aliphatic rings. The van der Waals surface area contributed by atoms with Crippen LogP contribution in [-0.2, 0) is 33.3 Å². The van der Waals surface area contributed by atoms with Gasteiger partial charge in [0, 0.05) is 0 Å². The molecule has 0 aliphatic heterocycles. The number of hydrogen-bond acceptors (Lipinski definition) is 0. The second-order valence-corrected chi connectivity index (χ2v) is 7.46. The average Bonchev–Trinajstić information content (AvgIpc) is 2.85. The van der Waals surface area contributed by atoms with Crippen molar-refractivity contribution in [1.29, 1.82) is 0 Å². The first-order valence-electron chi connectivity index (χ1n) is 11.3. The maximum atomic E-state index is 3.50. The molecular formula is C30H45N3Ti. The summed E-state index contributed by atoms with van der Waals surface area (Å²) in [4.78, 5) is 0. The Bertz CT molecular complexity index is 682. The molecule has 184 valence electrons. The fraction of sp³-hybridized carbons (Fsp3) is 0.333. The van der Waals surface area contributed by atoms with E-state index in [4.69, 9.17) is 0 Å². The van der Waals surface area contributed by atoms with Gasteiger partial charge in [-0.25, -0.2) is 0 Å². The van der Waals surface area contributed by atoms with Crippen LogP contribution >= 0.6 is 0 Å². The molecular weight excluding hydrogens is 450 g/mol. The molecule has 4 heteroatoms. The van der Waals surface area contributed by atoms with E-state index in [-0.39, 0.29) is 0 Å². The van der Waals surface area contributed by atoms with E-state index in [9.17, 15) is 0 Å². The average molecular weight is 496 g/mol. The Morgan fingerprint density at radius 3 is 1.24 bits per heavy atom. The minimum atomic E-state index is 0.997. The van der Waals surface area contributed by atoms with Gasteiger partial charge in [-0.1, -0.05) is 85.0 Å². The molecule has 0 atom stereocenters. The molecule has 3 nitrogen and oxygen atoms in total. The summed E-state index contributed by atoms with van der Waals surface area (Å²) in [5, 5.41) is 10.5.